The summed E-state index contributed by atoms with van der Waals surface area (Å²) >= 11 is 7.71. The zero-order chi connectivity index (χ0) is 16.9. The van der Waals surface area contributed by atoms with Gasteiger partial charge in [0.2, 0.25) is 5.91 Å². The Morgan fingerprint density at radius 1 is 1.21 bits per heavy atom. The Kier molecular flexibility index (Phi) is 5.63. The molecule has 1 aliphatic heterocycles. The first-order valence-electron chi connectivity index (χ1n) is 8.10. The van der Waals surface area contributed by atoms with Gasteiger partial charge in [-0.15, -0.1) is 11.3 Å². The van der Waals surface area contributed by atoms with Gasteiger partial charge in [0.1, 0.15) is 0 Å². The van der Waals surface area contributed by atoms with Gasteiger partial charge in [0.25, 0.3) is 0 Å². The van der Waals surface area contributed by atoms with E-state index >= 15 is 0 Å². The number of nitrogens with zero attached hydrogens (tertiary/aromatic N) is 2. The third kappa shape index (κ3) is 4.02. The van der Waals surface area contributed by atoms with Crippen LogP contribution in [0.25, 0.3) is 0 Å². The maximum absolute atomic E-state index is 12.3. The van der Waals surface area contributed by atoms with Gasteiger partial charge in [0.05, 0.1) is 10.0 Å². The number of hydrogen-bond donors (Lipinski definition) is 0. The summed E-state index contributed by atoms with van der Waals surface area (Å²) in [7, 11) is 0. The summed E-state index contributed by atoms with van der Waals surface area (Å²) in [5.74, 6) is 0.429. The van der Waals surface area contributed by atoms with Crippen molar-refractivity contribution >= 4 is 34.6 Å². The van der Waals surface area contributed by atoms with E-state index in [9.17, 15) is 9.59 Å². The molecule has 0 saturated carbocycles. The molecule has 0 radical (unpaired) electrons. The van der Waals surface area contributed by atoms with Gasteiger partial charge in [-0.25, -0.2) is 4.98 Å². The number of carbonyl (C=O) groups excluding carboxylic acids is 2. The van der Waals surface area contributed by atoms with Crippen LogP contribution in [0.2, 0.25) is 5.02 Å². The van der Waals surface area contributed by atoms with E-state index in [-0.39, 0.29) is 24.5 Å². The molecule has 0 N–H and O–H groups in total. The van der Waals surface area contributed by atoms with Crippen molar-refractivity contribution in [1.29, 1.82) is 0 Å². The van der Waals surface area contributed by atoms with Gasteiger partial charge < -0.3 is 4.90 Å². The number of rotatable bonds is 5. The second-order valence-electron chi connectivity index (χ2n) is 5.93. The molecule has 1 aromatic carbocycles. The zero-order valence-corrected chi connectivity index (χ0v) is 14.9. The van der Waals surface area contributed by atoms with E-state index in [1.165, 1.54) is 0 Å². The van der Waals surface area contributed by atoms with Crippen molar-refractivity contribution in [3.05, 3.63) is 51.4 Å². The summed E-state index contributed by atoms with van der Waals surface area (Å²) < 4.78 is 0. The second kappa shape index (κ2) is 7.90. The van der Waals surface area contributed by atoms with Gasteiger partial charge in [-0.05, 0) is 25.0 Å². The van der Waals surface area contributed by atoms with Crippen molar-refractivity contribution in [3.8, 4) is 0 Å². The van der Waals surface area contributed by atoms with Gasteiger partial charge >= 0.3 is 0 Å². The van der Waals surface area contributed by atoms with Crippen LogP contribution in [0.1, 0.15) is 47.0 Å². The minimum Gasteiger partial charge on any atom is -0.343 e. The predicted octanol–water partition coefficient (Wildman–Crippen LogP) is 4.17. The minimum absolute atomic E-state index is 0.0491. The molecular formula is C18H19ClN2O2S. The molecule has 1 saturated heterocycles. The first kappa shape index (κ1) is 17.1. The number of piperidine rings is 1. The summed E-state index contributed by atoms with van der Waals surface area (Å²) in [5, 5.41) is 3.60. The van der Waals surface area contributed by atoms with E-state index < -0.39 is 0 Å². The summed E-state index contributed by atoms with van der Waals surface area (Å²) in [6.45, 7) is 1.48. The van der Waals surface area contributed by atoms with Gasteiger partial charge in [-0.2, -0.15) is 0 Å². The van der Waals surface area contributed by atoms with Crippen molar-refractivity contribution in [2.45, 2.75) is 31.6 Å². The highest BCUT2D eigenvalue weighted by atomic mass is 35.5. The lowest BCUT2D eigenvalue weighted by Gasteiger charge is -2.31. The molecule has 1 aliphatic rings. The molecule has 126 valence electrons. The van der Waals surface area contributed by atoms with Crippen LogP contribution in [0.5, 0.6) is 0 Å². The summed E-state index contributed by atoms with van der Waals surface area (Å²) in [6, 6.07) is 6.97. The molecule has 0 unspecified atom stereocenters. The summed E-state index contributed by atoms with van der Waals surface area (Å²) in [4.78, 5) is 30.8. The molecule has 0 spiro atoms. The lowest BCUT2D eigenvalue weighted by molar-refractivity contribution is -0.132. The fourth-order valence-electron chi connectivity index (χ4n) is 3.01. The van der Waals surface area contributed by atoms with Crippen molar-refractivity contribution in [3.63, 3.8) is 0 Å². The Morgan fingerprint density at radius 3 is 2.62 bits per heavy atom. The molecule has 0 atom stereocenters. The maximum Gasteiger partial charge on any atom is 0.223 e. The molecule has 1 aromatic heterocycles. The Hall–Kier alpha value is -1.72. The lowest BCUT2D eigenvalue weighted by Crippen LogP contribution is -2.38. The Balaban J connectivity index is 1.48. The highest BCUT2D eigenvalue weighted by molar-refractivity contribution is 7.09. The summed E-state index contributed by atoms with van der Waals surface area (Å²) in [5.41, 5.74) is 0.495. The van der Waals surface area contributed by atoms with Crippen molar-refractivity contribution in [2.24, 2.45) is 0 Å². The number of likely N-dealkylation sites (tertiary alicyclic amines) is 1. The molecule has 0 bridgehead atoms. The first-order valence-corrected chi connectivity index (χ1v) is 9.36. The van der Waals surface area contributed by atoms with Crippen LogP contribution < -0.4 is 0 Å². The number of carbonyl (C=O) groups is 2. The molecule has 6 heteroatoms. The summed E-state index contributed by atoms with van der Waals surface area (Å²) in [6.07, 6.45) is 4.16. The maximum atomic E-state index is 12.3. The normalized spacial score (nSPS) is 15.5. The number of Topliss-reactive ketones (excluding diaryl/α,β-unsaturated/α-hetero) is 1. The van der Waals surface area contributed by atoms with E-state index in [2.05, 4.69) is 4.98 Å². The molecule has 2 heterocycles. The van der Waals surface area contributed by atoms with E-state index in [1.54, 1.807) is 35.6 Å². The van der Waals surface area contributed by atoms with E-state index in [0.29, 0.717) is 16.5 Å². The minimum atomic E-state index is -0.0772. The Bertz CT molecular complexity index is 710. The lowest BCUT2D eigenvalue weighted by atomic mass is 9.97. The number of thiazole rings is 1. The third-order valence-corrected chi connectivity index (χ3v) is 5.66. The topological polar surface area (TPSA) is 50.3 Å². The number of amides is 1. The van der Waals surface area contributed by atoms with Crippen LogP contribution in [-0.4, -0.2) is 34.7 Å². The molecule has 24 heavy (non-hydrogen) atoms. The average Bonchev–Trinajstić information content (AvgIpc) is 3.14. The van der Waals surface area contributed by atoms with Crippen LogP contribution in [0.4, 0.5) is 0 Å². The van der Waals surface area contributed by atoms with E-state index in [1.807, 2.05) is 16.5 Å². The molecule has 4 nitrogen and oxygen atoms in total. The Labute approximate surface area is 150 Å². The van der Waals surface area contributed by atoms with E-state index in [0.717, 1.165) is 30.9 Å². The third-order valence-electron chi connectivity index (χ3n) is 4.39. The van der Waals surface area contributed by atoms with Gasteiger partial charge in [-0.1, -0.05) is 23.7 Å². The van der Waals surface area contributed by atoms with Crippen LogP contribution in [0, 0.1) is 0 Å². The van der Waals surface area contributed by atoms with Gasteiger partial charge in [0.15, 0.2) is 5.78 Å². The highest BCUT2D eigenvalue weighted by Crippen LogP contribution is 2.29. The molecule has 0 aliphatic carbocycles. The fraction of sp³-hybridized carbons (Fsp3) is 0.389. The largest absolute Gasteiger partial charge is 0.343 e. The second-order valence-corrected chi connectivity index (χ2v) is 7.26. The molecular weight excluding hydrogens is 344 g/mol. The molecule has 1 fully saturated rings. The Morgan fingerprint density at radius 2 is 1.96 bits per heavy atom. The molecule has 1 amide bonds. The van der Waals surface area contributed by atoms with Crippen LogP contribution in [-0.2, 0) is 4.79 Å². The SMILES string of the molecule is O=C(CCC(=O)N1CCC(c2nccs2)CC1)c1ccccc1Cl. The van der Waals surface area contributed by atoms with E-state index in [4.69, 9.17) is 11.6 Å². The predicted molar refractivity (Wildman–Crippen MR) is 95.7 cm³/mol. The number of aromatic nitrogens is 1. The zero-order valence-electron chi connectivity index (χ0n) is 13.3. The van der Waals surface area contributed by atoms with Crippen LogP contribution in [0.15, 0.2) is 35.8 Å². The van der Waals surface area contributed by atoms with Crippen molar-refractivity contribution in [2.75, 3.05) is 13.1 Å². The standard InChI is InChI=1S/C18H19ClN2O2S/c19-15-4-2-1-3-14(15)16(22)5-6-17(23)21-10-7-13(8-11-21)18-20-9-12-24-18/h1-4,9,12-13H,5-8,10-11H2. The van der Waals surface area contributed by atoms with Gasteiger partial charge in [-0.3, -0.25) is 9.59 Å². The smallest absolute Gasteiger partial charge is 0.223 e. The van der Waals surface area contributed by atoms with Gasteiger partial charge in [0, 0.05) is 49.0 Å². The number of halogens is 1. The molecule has 2 aromatic rings. The monoisotopic (exact) mass is 362 g/mol. The highest BCUT2D eigenvalue weighted by Gasteiger charge is 2.25. The number of benzene rings is 1. The quantitative estimate of drug-likeness (QED) is 0.750. The number of ketones is 1. The van der Waals surface area contributed by atoms with Crippen LogP contribution >= 0.6 is 22.9 Å². The van der Waals surface area contributed by atoms with Crippen LogP contribution in [0.3, 0.4) is 0 Å². The average molecular weight is 363 g/mol. The molecule has 3 rings (SSSR count). The number of hydrogen-bond acceptors (Lipinski definition) is 4. The first-order chi connectivity index (χ1) is 11.6. The van der Waals surface area contributed by atoms with Crippen molar-refractivity contribution in [1.82, 2.24) is 9.88 Å². The van der Waals surface area contributed by atoms with Crippen molar-refractivity contribution < 1.29 is 9.59 Å². The fourth-order valence-corrected chi connectivity index (χ4v) is 4.06.